The van der Waals surface area contributed by atoms with E-state index >= 15 is 0 Å². The van der Waals surface area contributed by atoms with Crippen LogP contribution in [0.4, 0.5) is 0 Å². The summed E-state index contributed by atoms with van der Waals surface area (Å²) in [6, 6.07) is 4.91. The fourth-order valence-electron chi connectivity index (χ4n) is 2.55. The first kappa shape index (κ1) is 16.0. The molecule has 1 aliphatic rings. The Kier molecular flexibility index (Phi) is 4.39. The fourth-order valence-corrected chi connectivity index (χ4v) is 3.34. The summed E-state index contributed by atoms with van der Waals surface area (Å²) in [6.45, 7) is 3.88. The van der Waals surface area contributed by atoms with Gasteiger partial charge >= 0.3 is 5.97 Å². The van der Waals surface area contributed by atoms with Crippen molar-refractivity contribution in [1.82, 2.24) is 0 Å². The lowest BCUT2D eigenvalue weighted by Gasteiger charge is -2.19. The average Bonchev–Trinajstić information content (AvgIpc) is 3.18. The molecule has 1 aromatic carbocycles. The van der Waals surface area contributed by atoms with E-state index in [4.69, 9.17) is 4.74 Å². The van der Waals surface area contributed by atoms with Gasteiger partial charge in [0, 0.05) is 6.42 Å². The van der Waals surface area contributed by atoms with Crippen LogP contribution in [0.15, 0.2) is 23.1 Å². The average molecular weight is 312 g/mol. The Labute approximate surface area is 125 Å². The molecular weight excluding hydrogens is 292 g/mol. The van der Waals surface area contributed by atoms with E-state index in [-0.39, 0.29) is 22.9 Å². The van der Waals surface area contributed by atoms with E-state index in [0.717, 1.165) is 18.4 Å². The van der Waals surface area contributed by atoms with E-state index < -0.39 is 10.1 Å². The molecule has 0 atom stereocenters. The summed E-state index contributed by atoms with van der Waals surface area (Å²) in [6.07, 6.45) is 2.57. The van der Waals surface area contributed by atoms with Gasteiger partial charge in [0.1, 0.15) is 0 Å². The number of ether oxygens (including phenoxy) is 1. The van der Waals surface area contributed by atoms with Gasteiger partial charge in [0.15, 0.2) is 0 Å². The molecule has 0 unspecified atom stereocenters. The first-order valence-electron chi connectivity index (χ1n) is 7.03. The number of benzene rings is 1. The van der Waals surface area contributed by atoms with Gasteiger partial charge in [-0.2, -0.15) is 8.42 Å². The fraction of sp³-hybridized carbons (Fsp3) is 0.533. The minimum atomic E-state index is -4.25. The Morgan fingerprint density at radius 2 is 2.05 bits per heavy atom. The Hall–Kier alpha value is -1.40. The van der Waals surface area contributed by atoms with Gasteiger partial charge in [-0.3, -0.25) is 9.35 Å². The molecule has 5 nitrogen and oxygen atoms in total. The third-order valence-electron chi connectivity index (χ3n) is 3.97. The van der Waals surface area contributed by atoms with E-state index in [1.807, 2.05) is 6.92 Å². The normalized spacial score (nSPS) is 16.5. The number of esters is 1. The maximum Gasteiger partial charge on any atom is 0.305 e. The number of aryl methyl sites for hydroxylation is 1. The largest absolute Gasteiger partial charge is 0.466 e. The van der Waals surface area contributed by atoms with Gasteiger partial charge in [-0.1, -0.05) is 24.6 Å². The molecule has 0 saturated heterocycles. The summed E-state index contributed by atoms with van der Waals surface area (Å²) < 4.78 is 37.6. The summed E-state index contributed by atoms with van der Waals surface area (Å²) in [5, 5.41) is 0. The van der Waals surface area contributed by atoms with E-state index in [1.165, 1.54) is 6.07 Å². The summed E-state index contributed by atoms with van der Waals surface area (Å²) in [4.78, 5) is 11.1. The lowest BCUT2D eigenvalue weighted by molar-refractivity contribution is -0.143. The smallest absolute Gasteiger partial charge is 0.305 e. The second-order valence-electron chi connectivity index (χ2n) is 5.58. The first-order chi connectivity index (χ1) is 9.78. The van der Waals surface area contributed by atoms with Crippen LogP contribution in [-0.4, -0.2) is 25.5 Å². The molecule has 0 amide bonds. The van der Waals surface area contributed by atoms with Crippen LogP contribution in [0, 0.1) is 6.92 Å². The van der Waals surface area contributed by atoms with Gasteiger partial charge in [0.05, 0.1) is 11.5 Å². The lowest BCUT2D eigenvalue weighted by Crippen LogP contribution is -2.17. The molecule has 1 fully saturated rings. The molecule has 1 saturated carbocycles. The Balaban J connectivity index is 2.24. The number of hydrogen-bond acceptors (Lipinski definition) is 4. The highest BCUT2D eigenvalue weighted by atomic mass is 32.2. The quantitative estimate of drug-likeness (QED) is 0.645. The molecule has 1 N–H and O–H groups in total. The van der Waals surface area contributed by atoms with Crippen molar-refractivity contribution in [3.8, 4) is 0 Å². The maximum absolute atomic E-state index is 11.5. The number of hydrogen-bond donors (Lipinski definition) is 1. The van der Waals surface area contributed by atoms with Crippen LogP contribution in [0.5, 0.6) is 0 Å². The van der Waals surface area contributed by atoms with Gasteiger partial charge in [-0.15, -0.1) is 0 Å². The van der Waals surface area contributed by atoms with E-state index in [1.54, 1.807) is 19.1 Å². The molecule has 116 valence electrons. The summed E-state index contributed by atoms with van der Waals surface area (Å²) >= 11 is 0. The highest BCUT2D eigenvalue weighted by Gasteiger charge is 2.46. The van der Waals surface area contributed by atoms with Crippen LogP contribution in [0.25, 0.3) is 0 Å². The van der Waals surface area contributed by atoms with Gasteiger partial charge in [0.25, 0.3) is 10.1 Å². The molecule has 2 rings (SSSR count). The van der Waals surface area contributed by atoms with Crippen molar-refractivity contribution in [3.05, 3.63) is 29.3 Å². The standard InChI is InChI=1S/C15H20O5S/c1-3-14(16)20-9-8-15(6-7-15)12-10-11(2)4-5-13(12)21(17,18)19/h4-5,10H,3,6-9H2,1-2H3,(H,17,18,19). The highest BCUT2D eigenvalue weighted by molar-refractivity contribution is 7.85. The van der Waals surface area contributed by atoms with Crippen molar-refractivity contribution >= 4 is 16.1 Å². The van der Waals surface area contributed by atoms with Crippen molar-refractivity contribution < 1.29 is 22.5 Å². The van der Waals surface area contributed by atoms with E-state index in [2.05, 4.69) is 0 Å². The Bertz CT molecular complexity index is 644. The first-order valence-corrected chi connectivity index (χ1v) is 8.47. The van der Waals surface area contributed by atoms with Crippen LogP contribution in [0.3, 0.4) is 0 Å². The molecule has 0 aliphatic heterocycles. The Morgan fingerprint density at radius 1 is 1.38 bits per heavy atom. The minimum Gasteiger partial charge on any atom is -0.466 e. The molecule has 0 spiro atoms. The van der Waals surface area contributed by atoms with Gasteiger partial charge in [0.2, 0.25) is 0 Å². The molecule has 6 heteroatoms. The van der Waals surface area contributed by atoms with E-state index in [9.17, 15) is 17.8 Å². The SMILES string of the molecule is CCC(=O)OCCC1(c2cc(C)ccc2S(=O)(=O)O)CC1. The molecule has 0 heterocycles. The topological polar surface area (TPSA) is 80.7 Å². The van der Waals surface area contributed by atoms with Gasteiger partial charge < -0.3 is 4.74 Å². The van der Waals surface area contributed by atoms with Crippen molar-refractivity contribution in [1.29, 1.82) is 0 Å². The second kappa shape index (κ2) is 5.77. The van der Waals surface area contributed by atoms with Crippen LogP contribution >= 0.6 is 0 Å². The molecule has 1 aliphatic carbocycles. The van der Waals surface area contributed by atoms with Crippen LogP contribution in [-0.2, 0) is 25.1 Å². The lowest BCUT2D eigenvalue weighted by atomic mass is 9.91. The second-order valence-corrected chi connectivity index (χ2v) is 6.97. The molecule has 0 bridgehead atoms. The van der Waals surface area contributed by atoms with E-state index in [0.29, 0.717) is 18.4 Å². The summed E-state index contributed by atoms with van der Waals surface area (Å²) in [5.41, 5.74) is 1.28. The van der Waals surface area contributed by atoms with Crippen LogP contribution < -0.4 is 0 Å². The zero-order valence-corrected chi connectivity index (χ0v) is 13.1. The molecular formula is C15H20O5S. The minimum absolute atomic E-state index is 0.0348. The maximum atomic E-state index is 11.5. The van der Waals surface area contributed by atoms with Crippen LogP contribution in [0.1, 0.15) is 43.7 Å². The van der Waals surface area contributed by atoms with Gasteiger partial charge in [-0.25, -0.2) is 0 Å². The van der Waals surface area contributed by atoms with Crippen molar-refractivity contribution in [2.45, 2.75) is 49.8 Å². The molecule has 21 heavy (non-hydrogen) atoms. The van der Waals surface area contributed by atoms with Crippen molar-refractivity contribution in [2.75, 3.05) is 6.61 Å². The van der Waals surface area contributed by atoms with Gasteiger partial charge in [-0.05, 0) is 43.2 Å². The summed E-state index contributed by atoms with van der Waals surface area (Å²) in [5.74, 6) is -0.259. The third kappa shape index (κ3) is 3.63. The zero-order valence-electron chi connectivity index (χ0n) is 12.3. The molecule has 1 aromatic rings. The number of carbonyl (C=O) groups excluding carboxylic acids is 1. The molecule has 0 radical (unpaired) electrons. The zero-order chi connectivity index (χ0) is 15.7. The van der Waals surface area contributed by atoms with Crippen LogP contribution in [0.2, 0.25) is 0 Å². The predicted octanol–water partition coefficient (Wildman–Crippen LogP) is 2.62. The predicted molar refractivity (Wildman–Crippen MR) is 77.8 cm³/mol. The Morgan fingerprint density at radius 3 is 2.57 bits per heavy atom. The number of carbonyl (C=O) groups is 1. The highest BCUT2D eigenvalue weighted by Crippen LogP contribution is 2.53. The third-order valence-corrected chi connectivity index (χ3v) is 4.88. The monoisotopic (exact) mass is 312 g/mol. The number of rotatable bonds is 6. The van der Waals surface area contributed by atoms with Crippen molar-refractivity contribution in [3.63, 3.8) is 0 Å². The summed E-state index contributed by atoms with van der Waals surface area (Å²) in [7, 11) is -4.25. The molecule has 0 aromatic heterocycles. The van der Waals surface area contributed by atoms with Crippen molar-refractivity contribution in [2.24, 2.45) is 0 Å².